The van der Waals surface area contributed by atoms with Crippen LogP contribution in [0.1, 0.15) is 53.9 Å². The summed E-state index contributed by atoms with van der Waals surface area (Å²) in [7, 11) is 0. The Morgan fingerprint density at radius 2 is 2.14 bits per heavy atom. The minimum atomic E-state index is -0.567. The summed E-state index contributed by atoms with van der Waals surface area (Å²) in [6.07, 6.45) is 3.97. The van der Waals surface area contributed by atoms with Crippen molar-refractivity contribution in [3.63, 3.8) is 0 Å². The van der Waals surface area contributed by atoms with E-state index in [1.54, 1.807) is 6.07 Å². The van der Waals surface area contributed by atoms with E-state index in [1.807, 2.05) is 23.8 Å². The molecule has 1 unspecified atom stereocenters. The van der Waals surface area contributed by atoms with Crippen LogP contribution in [0.5, 0.6) is 0 Å². The Kier molecular flexibility index (Phi) is 4.51. The van der Waals surface area contributed by atoms with Gasteiger partial charge in [0.15, 0.2) is 5.78 Å². The normalized spacial score (nSPS) is 20.7. The number of ether oxygens (including phenoxy) is 1. The minimum Gasteiger partial charge on any atom is -0.379 e. The number of aromatic nitrogens is 1. The highest BCUT2D eigenvalue weighted by molar-refractivity contribution is 6.00. The molecule has 4 rings (SSSR count). The lowest BCUT2D eigenvalue weighted by Gasteiger charge is -2.30. The average molecular weight is 381 g/mol. The zero-order chi connectivity index (χ0) is 20.1. The zero-order valence-electron chi connectivity index (χ0n) is 16.4. The van der Waals surface area contributed by atoms with Crippen LogP contribution < -0.4 is 5.32 Å². The molecule has 146 valence electrons. The molecule has 5 nitrogen and oxygen atoms in total. The van der Waals surface area contributed by atoms with E-state index in [4.69, 9.17) is 4.74 Å². The van der Waals surface area contributed by atoms with E-state index in [0.717, 1.165) is 29.7 Å². The highest BCUT2D eigenvalue weighted by Gasteiger charge is 2.35. The lowest BCUT2D eigenvalue weighted by Crippen LogP contribution is -2.28. The second-order valence-corrected chi connectivity index (χ2v) is 8.61. The maximum atomic E-state index is 14.8. The molecular formula is C22H24FN3O2. The van der Waals surface area contributed by atoms with E-state index in [2.05, 4.69) is 19.2 Å². The van der Waals surface area contributed by atoms with E-state index in [0.29, 0.717) is 31.0 Å². The smallest absolute Gasteiger partial charge is 0.165 e. The molecule has 2 aliphatic rings. The third kappa shape index (κ3) is 3.20. The number of anilines is 1. The predicted octanol–water partition coefficient (Wildman–Crippen LogP) is 4.15. The Bertz CT molecular complexity index is 994. The third-order valence-corrected chi connectivity index (χ3v) is 5.61. The van der Waals surface area contributed by atoms with Gasteiger partial charge in [0.05, 0.1) is 24.0 Å². The Labute approximate surface area is 164 Å². The van der Waals surface area contributed by atoms with E-state index in [1.165, 1.54) is 6.07 Å². The Morgan fingerprint density at radius 1 is 1.36 bits per heavy atom. The SMILES string of the molecule is Cc1cn(-c2cc(F)c(C#N)c(NC3CCOC3)c2)c2c1C(=O)CC(C)(C)C2. The number of ketones is 1. The maximum Gasteiger partial charge on any atom is 0.165 e. The minimum absolute atomic E-state index is 0.00445. The molecule has 1 N–H and O–H groups in total. The summed E-state index contributed by atoms with van der Waals surface area (Å²) in [6.45, 7) is 7.27. The molecule has 1 aromatic carbocycles. The number of nitriles is 1. The van der Waals surface area contributed by atoms with Crippen molar-refractivity contribution in [1.82, 2.24) is 4.57 Å². The second-order valence-electron chi connectivity index (χ2n) is 8.61. The standard InChI is InChI=1S/C22H24FN3O2/c1-13-11-26(19-8-22(2,3)9-20(27)21(13)19)15-6-17(23)16(10-24)18(7-15)25-14-4-5-28-12-14/h6-7,11,14,25H,4-5,8-9,12H2,1-3H3. The first kappa shape index (κ1) is 18.7. The maximum absolute atomic E-state index is 14.8. The van der Waals surface area contributed by atoms with Crippen molar-refractivity contribution in [3.05, 3.63) is 46.5 Å². The number of hydrogen-bond acceptors (Lipinski definition) is 4. The highest BCUT2D eigenvalue weighted by atomic mass is 19.1. The highest BCUT2D eigenvalue weighted by Crippen LogP contribution is 2.38. The van der Waals surface area contributed by atoms with Crippen molar-refractivity contribution in [2.24, 2.45) is 5.41 Å². The van der Waals surface area contributed by atoms with E-state index in [9.17, 15) is 14.4 Å². The summed E-state index contributed by atoms with van der Waals surface area (Å²) in [5.41, 5.74) is 3.52. The summed E-state index contributed by atoms with van der Waals surface area (Å²) in [5, 5.41) is 12.7. The number of carbonyl (C=O) groups excluding carboxylic acids is 1. The number of nitrogens with one attached hydrogen (secondary N) is 1. The number of benzene rings is 1. The predicted molar refractivity (Wildman–Crippen MR) is 104 cm³/mol. The van der Waals surface area contributed by atoms with Gasteiger partial charge in [-0.1, -0.05) is 13.8 Å². The number of Topliss-reactive ketones (excluding diaryl/α,β-unsaturated/α-hetero) is 1. The molecule has 0 amide bonds. The molecule has 1 saturated heterocycles. The fourth-order valence-corrected chi connectivity index (χ4v) is 4.33. The summed E-state index contributed by atoms with van der Waals surface area (Å²) in [6, 6.07) is 5.19. The summed E-state index contributed by atoms with van der Waals surface area (Å²) in [5.74, 6) is -0.430. The van der Waals surface area contributed by atoms with Gasteiger partial charge in [-0.05, 0) is 42.9 Å². The van der Waals surface area contributed by atoms with Gasteiger partial charge in [-0.2, -0.15) is 5.26 Å². The van der Waals surface area contributed by atoms with Crippen molar-refractivity contribution in [1.29, 1.82) is 5.26 Å². The Hall–Kier alpha value is -2.65. The zero-order valence-corrected chi connectivity index (χ0v) is 16.4. The lowest BCUT2D eigenvalue weighted by atomic mass is 9.75. The summed E-state index contributed by atoms with van der Waals surface area (Å²) in [4.78, 5) is 12.7. The number of aryl methyl sites for hydroxylation is 1. The van der Waals surface area contributed by atoms with Gasteiger partial charge in [0.1, 0.15) is 17.4 Å². The van der Waals surface area contributed by atoms with Crippen molar-refractivity contribution >= 4 is 11.5 Å². The van der Waals surface area contributed by atoms with Gasteiger partial charge < -0.3 is 14.6 Å². The van der Waals surface area contributed by atoms with Crippen molar-refractivity contribution in [2.75, 3.05) is 18.5 Å². The first-order valence-corrected chi connectivity index (χ1v) is 9.61. The van der Waals surface area contributed by atoms with Crippen LogP contribution in [0.25, 0.3) is 5.69 Å². The molecule has 0 saturated carbocycles. The van der Waals surface area contributed by atoms with Crippen molar-refractivity contribution < 1.29 is 13.9 Å². The number of carbonyl (C=O) groups is 1. The first-order valence-electron chi connectivity index (χ1n) is 9.61. The molecular weight excluding hydrogens is 357 g/mol. The molecule has 1 aromatic heterocycles. The van der Waals surface area contributed by atoms with Crippen LogP contribution in [-0.2, 0) is 11.2 Å². The quantitative estimate of drug-likeness (QED) is 0.867. The largest absolute Gasteiger partial charge is 0.379 e. The molecule has 1 aliphatic heterocycles. The van der Waals surface area contributed by atoms with Crippen molar-refractivity contribution in [2.45, 2.75) is 46.1 Å². The molecule has 1 fully saturated rings. The Balaban J connectivity index is 1.82. The first-order chi connectivity index (χ1) is 13.3. The molecule has 28 heavy (non-hydrogen) atoms. The van der Waals surface area contributed by atoms with Crippen LogP contribution in [0.2, 0.25) is 0 Å². The Morgan fingerprint density at radius 3 is 2.82 bits per heavy atom. The van der Waals surface area contributed by atoms with Gasteiger partial charge in [-0.25, -0.2) is 4.39 Å². The van der Waals surface area contributed by atoms with Gasteiger partial charge in [0.25, 0.3) is 0 Å². The van der Waals surface area contributed by atoms with Crippen molar-refractivity contribution in [3.8, 4) is 11.8 Å². The molecule has 2 heterocycles. The topological polar surface area (TPSA) is 67.1 Å². The fourth-order valence-electron chi connectivity index (χ4n) is 4.33. The van der Waals surface area contributed by atoms with Crippen LogP contribution in [0.3, 0.4) is 0 Å². The van der Waals surface area contributed by atoms with Crippen LogP contribution in [0, 0.1) is 29.5 Å². The molecule has 0 spiro atoms. The molecule has 1 aliphatic carbocycles. The third-order valence-electron chi connectivity index (χ3n) is 5.61. The fraction of sp³-hybridized carbons (Fsp3) is 0.455. The number of nitrogens with zero attached hydrogens (tertiary/aromatic N) is 2. The second kappa shape index (κ2) is 6.75. The molecule has 2 aromatic rings. The molecule has 1 atom stereocenters. The number of fused-ring (bicyclic) bond motifs is 1. The molecule has 0 bridgehead atoms. The number of halogens is 1. The van der Waals surface area contributed by atoms with Crippen LogP contribution in [-0.4, -0.2) is 29.6 Å². The monoisotopic (exact) mass is 381 g/mol. The van der Waals surface area contributed by atoms with Gasteiger partial charge >= 0.3 is 0 Å². The molecule has 0 radical (unpaired) electrons. The number of rotatable bonds is 3. The number of hydrogen-bond donors (Lipinski definition) is 1. The van der Waals surface area contributed by atoms with Crippen LogP contribution in [0.15, 0.2) is 18.3 Å². The van der Waals surface area contributed by atoms with Crippen LogP contribution in [0.4, 0.5) is 10.1 Å². The van der Waals surface area contributed by atoms with Crippen LogP contribution >= 0.6 is 0 Å². The summed E-state index contributed by atoms with van der Waals surface area (Å²) < 4.78 is 22.0. The van der Waals surface area contributed by atoms with Gasteiger partial charge in [-0.3, -0.25) is 4.79 Å². The van der Waals surface area contributed by atoms with E-state index >= 15 is 0 Å². The molecule has 6 heteroatoms. The van der Waals surface area contributed by atoms with E-state index < -0.39 is 5.82 Å². The van der Waals surface area contributed by atoms with Gasteiger partial charge in [0, 0.05) is 30.5 Å². The summed E-state index contributed by atoms with van der Waals surface area (Å²) >= 11 is 0. The lowest BCUT2D eigenvalue weighted by molar-refractivity contribution is 0.0910. The van der Waals surface area contributed by atoms with E-state index in [-0.39, 0.29) is 22.8 Å². The van der Waals surface area contributed by atoms with Gasteiger partial charge in [-0.15, -0.1) is 0 Å². The van der Waals surface area contributed by atoms with Gasteiger partial charge in [0.2, 0.25) is 0 Å². The average Bonchev–Trinajstić information content (AvgIpc) is 3.21.